The molecule has 0 bridgehead atoms. The Bertz CT molecular complexity index is 457. The van der Waals surface area contributed by atoms with E-state index in [0.717, 1.165) is 57.9 Å². The molecule has 7 nitrogen and oxygen atoms in total. The molecule has 0 aromatic carbocycles. The normalized spacial score (nSPS) is 21.7. The Balaban J connectivity index is 0.00000288. The Kier molecular flexibility index (Phi) is 7.74. The van der Waals surface area contributed by atoms with E-state index < -0.39 is 11.1 Å². The summed E-state index contributed by atoms with van der Waals surface area (Å²) in [5, 5.41) is 13.5. The monoisotopic (exact) mass is 453 g/mol. The van der Waals surface area contributed by atoms with Crippen LogP contribution in [-0.2, 0) is 4.79 Å². The molecular weight excluding hydrogens is 421 g/mol. The van der Waals surface area contributed by atoms with Gasteiger partial charge in [0.05, 0.1) is 17.7 Å². The lowest BCUT2D eigenvalue weighted by atomic mass is 9.80. The number of nitrogens with zero attached hydrogens (tertiary/aromatic N) is 3. The minimum absolute atomic E-state index is 0. The Morgan fingerprint density at radius 3 is 2.29 bits per heavy atom. The molecule has 1 amide bonds. The van der Waals surface area contributed by atoms with Crippen molar-refractivity contribution in [3.63, 3.8) is 0 Å². The minimum atomic E-state index is -0.622. The van der Waals surface area contributed by atoms with Gasteiger partial charge >= 0.3 is 0 Å². The summed E-state index contributed by atoms with van der Waals surface area (Å²) < 4.78 is 0. The topological polar surface area (TPSA) is 94.2 Å². The molecule has 1 aliphatic heterocycles. The number of aliphatic hydroxyl groups is 1. The molecule has 0 unspecified atom stereocenters. The van der Waals surface area contributed by atoms with Crippen molar-refractivity contribution in [3.05, 3.63) is 0 Å². The molecule has 1 saturated carbocycles. The molecule has 0 spiro atoms. The van der Waals surface area contributed by atoms with Crippen LogP contribution in [-0.4, -0.2) is 77.2 Å². The molecule has 2 fully saturated rings. The van der Waals surface area contributed by atoms with Crippen molar-refractivity contribution in [2.75, 3.05) is 39.3 Å². The van der Waals surface area contributed by atoms with Gasteiger partial charge in [-0.05, 0) is 40.0 Å². The quantitative estimate of drug-likeness (QED) is 0.318. The van der Waals surface area contributed by atoms with Gasteiger partial charge in [0.25, 0.3) is 0 Å². The van der Waals surface area contributed by atoms with E-state index in [1.165, 1.54) is 0 Å². The number of halogens is 1. The van der Waals surface area contributed by atoms with Crippen molar-refractivity contribution in [2.24, 2.45) is 10.7 Å². The van der Waals surface area contributed by atoms with Crippen LogP contribution in [0.15, 0.2) is 4.99 Å². The van der Waals surface area contributed by atoms with E-state index in [2.05, 4.69) is 20.1 Å². The van der Waals surface area contributed by atoms with Crippen LogP contribution in [0.25, 0.3) is 0 Å². The maximum absolute atomic E-state index is 11.6. The van der Waals surface area contributed by atoms with Crippen molar-refractivity contribution in [1.29, 1.82) is 0 Å². The first-order valence-corrected chi connectivity index (χ1v) is 8.59. The largest absolute Gasteiger partial charge is 0.388 e. The van der Waals surface area contributed by atoms with Gasteiger partial charge in [-0.1, -0.05) is 0 Å². The predicted molar refractivity (Wildman–Crippen MR) is 107 cm³/mol. The number of guanidine groups is 1. The molecule has 24 heavy (non-hydrogen) atoms. The number of nitrogens with two attached hydrogens (primary N) is 1. The smallest absolute Gasteiger partial charge is 0.237 e. The van der Waals surface area contributed by atoms with Gasteiger partial charge in [-0.2, -0.15) is 0 Å². The third-order valence-electron chi connectivity index (χ3n) is 5.12. The van der Waals surface area contributed by atoms with Gasteiger partial charge in [-0.25, -0.2) is 0 Å². The predicted octanol–water partition coefficient (Wildman–Crippen LogP) is 0.366. The van der Waals surface area contributed by atoms with Gasteiger partial charge in [0, 0.05) is 32.7 Å². The number of aliphatic imine (C=N–C) groups is 1. The second-order valence-electron chi connectivity index (χ2n) is 7.15. The van der Waals surface area contributed by atoms with E-state index in [1.807, 2.05) is 20.8 Å². The van der Waals surface area contributed by atoms with Gasteiger partial charge < -0.3 is 21.1 Å². The van der Waals surface area contributed by atoms with Crippen molar-refractivity contribution in [2.45, 2.75) is 51.2 Å². The molecule has 2 aliphatic rings. The van der Waals surface area contributed by atoms with Gasteiger partial charge in [-0.15, -0.1) is 24.0 Å². The number of hydrogen-bond donors (Lipinski definition) is 3. The molecule has 4 N–H and O–H groups in total. The highest BCUT2D eigenvalue weighted by molar-refractivity contribution is 14.0. The zero-order chi connectivity index (χ0) is 17.1. The average Bonchev–Trinajstić information content (AvgIpc) is 2.49. The summed E-state index contributed by atoms with van der Waals surface area (Å²) in [6.45, 7) is 10.2. The molecule has 0 radical (unpaired) electrons. The van der Waals surface area contributed by atoms with E-state index in [0.29, 0.717) is 6.54 Å². The number of amides is 1. The number of rotatable bonds is 5. The molecule has 1 aliphatic carbocycles. The fraction of sp³-hybridized carbons (Fsp3) is 0.875. The van der Waals surface area contributed by atoms with E-state index >= 15 is 0 Å². The molecule has 0 aromatic heterocycles. The fourth-order valence-corrected chi connectivity index (χ4v) is 3.02. The highest BCUT2D eigenvalue weighted by atomic mass is 127. The van der Waals surface area contributed by atoms with Crippen molar-refractivity contribution < 1.29 is 9.90 Å². The average molecular weight is 453 g/mol. The maximum Gasteiger partial charge on any atom is 0.237 e. The number of carbonyl (C=O) groups excluding carboxylic acids is 1. The molecule has 140 valence electrons. The van der Waals surface area contributed by atoms with Gasteiger partial charge in [-0.3, -0.25) is 14.7 Å². The van der Waals surface area contributed by atoms with E-state index in [-0.39, 0.29) is 29.9 Å². The second kappa shape index (κ2) is 8.66. The fourth-order valence-electron chi connectivity index (χ4n) is 3.02. The highest BCUT2D eigenvalue weighted by Crippen LogP contribution is 2.31. The van der Waals surface area contributed by atoms with Gasteiger partial charge in [0.2, 0.25) is 5.91 Å². The molecule has 0 aromatic rings. The summed E-state index contributed by atoms with van der Waals surface area (Å²) in [4.78, 5) is 20.5. The van der Waals surface area contributed by atoms with Gasteiger partial charge in [0.1, 0.15) is 0 Å². The van der Waals surface area contributed by atoms with Crippen LogP contribution in [0.3, 0.4) is 0 Å². The van der Waals surface area contributed by atoms with Crippen LogP contribution in [0, 0.1) is 0 Å². The number of primary amides is 1. The third-order valence-corrected chi connectivity index (χ3v) is 5.12. The van der Waals surface area contributed by atoms with Crippen molar-refractivity contribution in [3.8, 4) is 0 Å². The lowest BCUT2D eigenvalue weighted by molar-refractivity contribution is -0.129. The van der Waals surface area contributed by atoms with Crippen molar-refractivity contribution in [1.82, 2.24) is 15.1 Å². The van der Waals surface area contributed by atoms with Crippen LogP contribution >= 0.6 is 24.0 Å². The summed E-state index contributed by atoms with van der Waals surface area (Å²) in [6.07, 6.45) is 2.77. The van der Waals surface area contributed by atoms with Crippen LogP contribution < -0.4 is 11.1 Å². The minimum Gasteiger partial charge on any atom is -0.388 e. The Labute approximate surface area is 162 Å². The lowest BCUT2D eigenvalue weighted by Crippen LogP contribution is -2.61. The summed E-state index contributed by atoms with van der Waals surface area (Å²) >= 11 is 0. The summed E-state index contributed by atoms with van der Waals surface area (Å²) in [6, 6.07) is 0. The van der Waals surface area contributed by atoms with E-state index in [1.54, 1.807) is 0 Å². The van der Waals surface area contributed by atoms with Crippen LogP contribution in [0.1, 0.15) is 40.0 Å². The Hall–Kier alpha value is -0.610. The van der Waals surface area contributed by atoms with Crippen LogP contribution in [0.4, 0.5) is 0 Å². The maximum atomic E-state index is 11.6. The molecule has 1 saturated heterocycles. The summed E-state index contributed by atoms with van der Waals surface area (Å²) in [5.41, 5.74) is 4.28. The second-order valence-corrected chi connectivity index (χ2v) is 7.15. The van der Waals surface area contributed by atoms with Crippen LogP contribution in [0.2, 0.25) is 0 Å². The molecular formula is C16H32IN5O2. The molecule has 8 heteroatoms. The number of nitrogens with one attached hydrogen (secondary N) is 1. The third kappa shape index (κ3) is 4.95. The zero-order valence-electron chi connectivity index (χ0n) is 15.0. The Morgan fingerprint density at radius 2 is 1.88 bits per heavy atom. The van der Waals surface area contributed by atoms with E-state index in [4.69, 9.17) is 5.73 Å². The number of hydrogen-bond acceptors (Lipinski definition) is 4. The van der Waals surface area contributed by atoms with Crippen molar-refractivity contribution >= 4 is 35.8 Å². The zero-order valence-corrected chi connectivity index (χ0v) is 17.4. The number of carbonyl (C=O) groups is 1. The first-order valence-electron chi connectivity index (χ1n) is 8.59. The van der Waals surface area contributed by atoms with Crippen LogP contribution in [0.5, 0.6) is 0 Å². The summed E-state index contributed by atoms with van der Waals surface area (Å²) in [7, 11) is 0. The highest BCUT2D eigenvalue weighted by Gasteiger charge is 2.36. The Morgan fingerprint density at radius 1 is 1.29 bits per heavy atom. The first-order chi connectivity index (χ1) is 10.8. The number of piperazine rings is 1. The first kappa shape index (κ1) is 21.4. The SMILES string of the molecule is CCNC(=NCC1(O)CCC1)N1CCN(C(C)(C)C(N)=O)CC1.I. The van der Waals surface area contributed by atoms with E-state index in [9.17, 15) is 9.90 Å². The molecule has 0 atom stereocenters. The summed E-state index contributed by atoms with van der Waals surface area (Å²) in [5.74, 6) is 0.558. The molecule has 1 heterocycles. The van der Waals surface area contributed by atoms with Gasteiger partial charge in [0.15, 0.2) is 5.96 Å². The molecule has 2 rings (SSSR count). The standard InChI is InChI=1S/C16H31N5O2.HI/c1-4-18-14(19-12-16(23)6-5-7-16)20-8-10-21(11-9-20)15(2,3)13(17)22;/h23H,4-12H2,1-3H3,(H2,17,22)(H,18,19);1H. The lowest BCUT2D eigenvalue weighted by Gasteiger charge is -2.43.